The van der Waals surface area contributed by atoms with Crippen molar-refractivity contribution in [1.29, 1.82) is 0 Å². The lowest BCUT2D eigenvalue weighted by atomic mass is 9.85. The number of nitrogens with one attached hydrogen (secondary N) is 2. The van der Waals surface area contributed by atoms with E-state index in [1.165, 1.54) is 0 Å². The molecule has 0 radical (unpaired) electrons. The van der Waals surface area contributed by atoms with Crippen LogP contribution in [0.4, 0.5) is 10.5 Å². The van der Waals surface area contributed by atoms with E-state index < -0.39 is 18.0 Å². The predicted molar refractivity (Wildman–Crippen MR) is 76.6 cm³/mol. The van der Waals surface area contributed by atoms with Gasteiger partial charge in [0.15, 0.2) is 0 Å². The maximum Gasteiger partial charge on any atom is 0.319 e. The summed E-state index contributed by atoms with van der Waals surface area (Å²) in [6.45, 7) is 7.50. The van der Waals surface area contributed by atoms with Crippen molar-refractivity contribution in [3.05, 3.63) is 24.0 Å². The quantitative estimate of drug-likeness (QED) is 0.789. The smallest absolute Gasteiger partial charge is 0.319 e. The molecule has 1 atom stereocenters. The molecule has 6 heteroatoms. The number of aliphatic carboxylic acids is 1. The summed E-state index contributed by atoms with van der Waals surface area (Å²) in [4.78, 5) is 26.8. The third-order valence-corrected chi connectivity index (χ3v) is 2.90. The number of hydrogen-bond donors (Lipinski definition) is 3. The van der Waals surface area contributed by atoms with E-state index in [-0.39, 0.29) is 11.8 Å². The Balaban J connectivity index is 2.66. The summed E-state index contributed by atoms with van der Waals surface area (Å²) < 4.78 is 0. The highest BCUT2D eigenvalue weighted by molar-refractivity contribution is 5.89. The molecule has 0 aliphatic carbocycles. The molecule has 0 aromatic carbocycles. The van der Waals surface area contributed by atoms with Gasteiger partial charge in [0.05, 0.1) is 18.3 Å². The van der Waals surface area contributed by atoms with Crippen molar-refractivity contribution in [2.24, 2.45) is 5.41 Å². The highest BCUT2D eigenvalue weighted by Gasteiger charge is 2.28. The van der Waals surface area contributed by atoms with Gasteiger partial charge in [-0.2, -0.15) is 0 Å². The molecule has 1 unspecified atom stereocenters. The number of aromatic nitrogens is 1. The summed E-state index contributed by atoms with van der Waals surface area (Å²) in [7, 11) is 0. The lowest BCUT2D eigenvalue weighted by Crippen LogP contribution is -2.46. The molecule has 0 spiro atoms. The minimum atomic E-state index is -0.942. The van der Waals surface area contributed by atoms with E-state index in [2.05, 4.69) is 15.6 Å². The largest absolute Gasteiger partial charge is 0.481 e. The van der Waals surface area contributed by atoms with Crippen LogP contribution in [0, 0.1) is 12.3 Å². The molecule has 0 aliphatic heterocycles. The fourth-order valence-electron chi connectivity index (χ4n) is 1.62. The van der Waals surface area contributed by atoms with Crippen LogP contribution in [0.15, 0.2) is 18.3 Å². The van der Waals surface area contributed by atoms with Gasteiger partial charge in [-0.1, -0.05) is 20.8 Å². The Morgan fingerprint density at radius 1 is 1.35 bits per heavy atom. The molecule has 6 nitrogen and oxygen atoms in total. The number of carbonyl (C=O) groups is 2. The van der Waals surface area contributed by atoms with Gasteiger partial charge >= 0.3 is 12.0 Å². The fraction of sp³-hybridized carbons (Fsp3) is 0.500. The van der Waals surface area contributed by atoms with Crippen LogP contribution >= 0.6 is 0 Å². The number of hydrogen-bond acceptors (Lipinski definition) is 3. The van der Waals surface area contributed by atoms with Crippen LogP contribution < -0.4 is 10.6 Å². The molecule has 20 heavy (non-hydrogen) atoms. The second-order valence-corrected chi connectivity index (χ2v) is 5.80. The second-order valence-electron chi connectivity index (χ2n) is 5.80. The summed E-state index contributed by atoms with van der Waals surface area (Å²) >= 11 is 0. The number of carboxylic acid groups (broad SMARTS) is 1. The Morgan fingerprint density at radius 2 is 2.00 bits per heavy atom. The molecule has 1 aromatic heterocycles. The molecule has 0 aliphatic rings. The molecule has 1 heterocycles. The summed E-state index contributed by atoms with van der Waals surface area (Å²) in [5.74, 6) is -0.942. The number of nitrogens with zero attached hydrogens (tertiary/aromatic N) is 1. The summed E-state index contributed by atoms with van der Waals surface area (Å²) in [6, 6.07) is 2.63. The first-order valence-electron chi connectivity index (χ1n) is 6.40. The molecular weight excluding hydrogens is 258 g/mol. The molecule has 2 amide bonds. The normalized spacial score (nSPS) is 12.6. The average Bonchev–Trinajstić information content (AvgIpc) is 2.29. The number of carboxylic acids is 1. The zero-order valence-corrected chi connectivity index (χ0v) is 12.2. The van der Waals surface area contributed by atoms with Gasteiger partial charge in [0, 0.05) is 11.7 Å². The first-order valence-corrected chi connectivity index (χ1v) is 6.40. The Labute approximate surface area is 118 Å². The van der Waals surface area contributed by atoms with Crippen molar-refractivity contribution in [2.45, 2.75) is 40.2 Å². The predicted octanol–water partition coefficient (Wildman–Crippen LogP) is 2.40. The number of carbonyl (C=O) groups excluding carboxylic acids is 1. The van der Waals surface area contributed by atoms with Gasteiger partial charge < -0.3 is 15.7 Å². The maximum atomic E-state index is 11.9. The third-order valence-electron chi connectivity index (χ3n) is 2.90. The Kier molecular flexibility index (Phi) is 5.07. The van der Waals surface area contributed by atoms with Gasteiger partial charge in [-0.3, -0.25) is 9.78 Å². The lowest BCUT2D eigenvalue weighted by molar-refractivity contribution is -0.138. The molecule has 110 valence electrons. The first kappa shape index (κ1) is 15.9. The van der Waals surface area contributed by atoms with E-state index in [9.17, 15) is 9.59 Å². The lowest BCUT2D eigenvalue weighted by Gasteiger charge is -2.30. The van der Waals surface area contributed by atoms with Gasteiger partial charge in [0.1, 0.15) is 0 Å². The number of anilines is 1. The molecule has 1 aromatic rings. The standard InChI is InChI=1S/C14H21N3O3/c1-9-5-6-10(8-15-9)16-13(20)17-11(7-12(18)19)14(2,3)4/h5-6,8,11H,7H2,1-4H3,(H,18,19)(H2,16,17,20). The number of urea groups is 1. The number of aryl methyl sites for hydroxylation is 1. The first-order chi connectivity index (χ1) is 9.18. The van der Waals surface area contributed by atoms with Crippen molar-refractivity contribution in [3.8, 4) is 0 Å². The Hall–Kier alpha value is -2.11. The number of rotatable bonds is 4. The van der Waals surface area contributed by atoms with Crippen LogP contribution in [0.1, 0.15) is 32.9 Å². The topological polar surface area (TPSA) is 91.3 Å². The van der Waals surface area contributed by atoms with Crippen molar-refractivity contribution in [3.63, 3.8) is 0 Å². The molecule has 0 bridgehead atoms. The van der Waals surface area contributed by atoms with Gasteiger partial charge in [-0.15, -0.1) is 0 Å². The van der Waals surface area contributed by atoms with Crippen LogP contribution in [0.2, 0.25) is 0 Å². The van der Waals surface area contributed by atoms with Crippen LogP contribution in [-0.4, -0.2) is 28.1 Å². The number of pyridine rings is 1. The van der Waals surface area contributed by atoms with Crippen molar-refractivity contribution >= 4 is 17.7 Å². The fourth-order valence-corrected chi connectivity index (χ4v) is 1.62. The van der Waals surface area contributed by atoms with E-state index in [1.54, 1.807) is 18.3 Å². The third kappa shape index (κ3) is 5.26. The van der Waals surface area contributed by atoms with E-state index >= 15 is 0 Å². The monoisotopic (exact) mass is 279 g/mol. The highest BCUT2D eigenvalue weighted by Crippen LogP contribution is 2.22. The van der Waals surface area contributed by atoms with E-state index in [4.69, 9.17) is 5.11 Å². The zero-order chi connectivity index (χ0) is 15.3. The van der Waals surface area contributed by atoms with Crippen LogP contribution in [0.25, 0.3) is 0 Å². The van der Waals surface area contributed by atoms with Gasteiger partial charge in [-0.25, -0.2) is 4.79 Å². The van der Waals surface area contributed by atoms with E-state index in [0.717, 1.165) is 5.69 Å². The summed E-state index contributed by atoms with van der Waals surface area (Å²) in [5.41, 5.74) is 1.08. The van der Waals surface area contributed by atoms with Crippen molar-refractivity contribution in [2.75, 3.05) is 5.32 Å². The minimum Gasteiger partial charge on any atom is -0.481 e. The minimum absolute atomic E-state index is 0.122. The van der Waals surface area contributed by atoms with Crippen LogP contribution in [-0.2, 0) is 4.79 Å². The van der Waals surface area contributed by atoms with Crippen LogP contribution in [0.5, 0.6) is 0 Å². The SMILES string of the molecule is Cc1ccc(NC(=O)NC(CC(=O)O)C(C)(C)C)cn1. The van der Waals surface area contributed by atoms with E-state index in [0.29, 0.717) is 5.69 Å². The Bertz CT molecular complexity index is 477. The Morgan fingerprint density at radius 3 is 2.45 bits per heavy atom. The second kappa shape index (κ2) is 6.36. The summed E-state index contributed by atoms with van der Waals surface area (Å²) in [6.07, 6.45) is 1.43. The summed E-state index contributed by atoms with van der Waals surface area (Å²) in [5, 5.41) is 14.2. The molecule has 0 saturated heterocycles. The molecule has 1 rings (SSSR count). The van der Waals surface area contributed by atoms with Crippen molar-refractivity contribution in [1.82, 2.24) is 10.3 Å². The molecular formula is C14H21N3O3. The average molecular weight is 279 g/mol. The van der Waals surface area contributed by atoms with Crippen molar-refractivity contribution < 1.29 is 14.7 Å². The van der Waals surface area contributed by atoms with Gasteiger partial charge in [0.2, 0.25) is 0 Å². The molecule has 0 fully saturated rings. The number of amides is 2. The van der Waals surface area contributed by atoms with Gasteiger partial charge in [-0.05, 0) is 24.5 Å². The molecule has 0 saturated carbocycles. The van der Waals surface area contributed by atoms with E-state index in [1.807, 2.05) is 27.7 Å². The van der Waals surface area contributed by atoms with Crippen LogP contribution in [0.3, 0.4) is 0 Å². The zero-order valence-electron chi connectivity index (χ0n) is 12.2. The molecule has 3 N–H and O–H groups in total. The highest BCUT2D eigenvalue weighted by atomic mass is 16.4. The van der Waals surface area contributed by atoms with Gasteiger partial charge in [0.25, 0.3) is 0 Å². The maximum absolute atomic E-state index is 11.9.